The maximum absolute atomic E-state index is 3.33. The lowest BCUT2D eigenvalue weighted by Crippen LogP contribution is -1.68. The van der Waals surface area contributed by atoms with Gasteiger partial charge in [0.2, 0.25) is 0 Å². The van der Waals surface area contributed by atoms with Crippen molar-refractivity contribution in [3.63, 3.8) is 0 Å². The van der Waals surface area contributed by atoms with Crippen LogP contribution in [0.2, 0.25) is 0 Å². The molecule has 0 fully saturated rings. The number of rotatable bonds is 1. The summed E-state index contributed by atoms with van der Waals surface area (Å²) in [5.41, 5.74) is 0. The third-order valence-corrected chi connectivity index (χ3v) is 2.09. The minimum Gasteiger partial charge on any atom is -0.129 e. The van der Waals surface area contributed by atoms with Gasteiger partial charge < -0.3 is 0 Å². The molecule has 0 saturated heterocycles. The van der Waals surface area contributed by atoms with Gasteiger partial charge in [0.25, 0.3) is 0 Å². The van der Waals surface area contributed by atoms with Crippen LogP contribution in [-0.2, 0) is 0 Å². The molecule has 0 aliphatic rings. The topological polar surface area (TPSA) is 0 Å². The van der Waals surface area contributed by atoms with Gasteiger partial charge in [0, 0.05) is 15.4 Å². The average Bonchev–Trinajstić information content (AvgIpc) is 1.88. The highest BCUT2D eigenvalue weighted by molar-refractivity contribution is 9.10. The van der Waals surface area contributed by atoms with Crippen molar-refractivity contribution in [2.45, 2.75) is 4.90 Å². The summed E-state index contributed by atoms with van der Waals surface area (Å²) in [6, 6.07) is 9.15. The normalized spacial score (nSPS) is 9.56. The second-order valence-corrected chi connectivity index (χ2v) is 3.27. The van der Waals surface area contributed by atoms with Gasteiger partial charge in [0.1, 0.15) is 0 Å². The monoisotopic (exact) mass is 201 g/mol. The quantitative estimate of drug-likeness (QED) is 0.631. The molecule has 0 aliphatic carbocycles. The maximum atomic E-state index is 3.33. The van der Waals surface area contributed by atoms with Crippen LogP contribution in [0.3, 0.4) is 0 Å². The van der Waals surface area contributed by atoms with E-state index in [4.69, 9.17) is 0 Å². The first-order valence-corrected chi connectivity index (χ1v) is 4.56. The summed E-state index contributed by atoms with van der Waals surface area (Å²) in [7, 11) is 0. The Morgan fingerprint density at radius 1 is 1.56 bits per heavy atom. The summed E-state index contributed by atoms with van der Waals surface area (Å²) >= 11 is 5.03. The standard InChI is InChI=1S/C7H6BrS/c1-9-7-4-2-3-6(8)5-7/h2-4H,1H3. The van der Waals surface area contributed by atoms with Crippen LogP contribution in [-0.4, -0.2) is 6.26 Å². The number of hydrogen-bond donors (Lipinski definition) is 0. The van der Waals surface area contributed by atoms with Crippen molar-refractivity contribution in [3.05, 3.63) is 28.7 Å². The van der Waals surface area contributed by atoms with Gasteiger partial charge in [-0.2, -0.15) is 0 Å². The van der Waals surface area contributed by atoms with E-state index in [2.05, 4.69) is 22.0 Å². The van der Waals surface area contributed by atoms with E-state index in [9.17, 15) is 0 Å². The molecule has 0 spiro atoms. The molecule has 0 unspecified atom stereocenters. The minimum atomic E-state index is 1.02. The molecule has 0 aromatic heterocycles. The Labute approximate surface area is 67.8 Å². The predicted molar refractivity (Wildman–Crippen MR) is 44.8 cm³/mol. The zero-order valence-electron chi connectivity index (χ0n) is 5.02. The molecule has 9 heavy (non-hydrogen) atoms. The van der Waals surface area contributed by atoms with Crippen molar-refractivity contribution in [2.24, 2.45) is 0 Å². The minimum absolute atomic E-state index is 1.02. The van der Waals surface area contributed by atoms with E-state index in [0.717, 1.165) is 4.47 Å². The van der Waals surface area contributed by atoms with Gasteiger partial charge in [0.05, 0.1) is 0 Å². The molecule has 0 aliphatic heterocycles. The van der Waals surface area contributed by atoms with E-state index in [0.29, 0.717) is 0 Å². The smallest absolute Gasteiger partial charge is 0.0265 e. The van der Waals surface area contributed by atoms with Gasteiger partial charge in [-0.1, -0.05) is 22.0 Å². The van der Waals surface area contributed by atoms with E-state index in [1.807, 2.05) is 24.5 Å². The average molecular weight is 202 g/mol. The van der Waals surface area contributed by atoms with Crippen LogP contribution < -0.4 is 0 Å². The van der Waals surface area contributed by atoms with E-state index in [1.54, 1.807) is 11.8 Å². The van der Waals surface area contributed by atoms with Crippen LogP contribution in [0.25, 0.3) is 0 Å². The molecular weight excluding hydrogens is 196 g/mol. The van der Waals surface area contributed by atoms with Crippen molar-refractivity contribution in [1.29, 1.82) is 0 Å². The molecular formula is C7H6BrS. The second-order valence-electron chi connectivity index (χ2n) is 1.57. The number of halogens is 1. The van der Waals surface area contributed by atoms with Crippen LogP contribution in [0.1, 0.15) is 0 Å². The Bertz CT molecular complexity index is 198. The van der Waals surface area contributed by atoms with Gasteiger partial charge in [-0.15, -0.1) is 11.8 Å². The molecule has 0 nitrogen and oxygen atoms in total. The zero-order valence-corrected chi connectivity index (χ0v) is 7.42. The van der Waals surface area contributed by atoms with E-state index in [-0.39, 0.29) is 0 Å². The van der Waals surface area contributed by atoms with Crippen LogP contribution in [0.5, 0.6) is 0 Å². The number of hydrogen-bond acceptors (Lipinski definition) is 1. The first-order chi connectivity index (χ1) is 4.33. The van der Waals surface area contributed by atoms with Crippen LogP contribution in [0.4, 0.5) is 0 Å². The fourth-order valence-electron chi connectivity index (χ4n) is 0.540. The van der Waals surface area contributed by atoms with Gasteiger partial charge in [-0.25, -0.2) is 0 Å². The highest BCUT2D eigenvalue weighted by Gasteiger charge is 1.88. The molecule has 1 aromatic rings. The van der Waals surface area contributed by atoms with Crippen molar-refractivity contribution >= 4 is 27.7 Å². The Balaban J connectivity index is 2.94. The largest absolute Gasteiger partial charge is 0.129 e. The molecule has 0 saturated carbocycles. The van der Waals surface area contributed by atoms with E-state index >= 15 is 0 Å². The first-order valence-electron chi connectivity index (χ1n) is 2.55. The fourth-order valence-corrected chi connectivity index (χ4v) is 1.46. The third kappa shape index (κ3) is 2.03. The first kappa shape index (κ1) is 7.16. The second kappa shape index (κ2) is 3.28. The van der Waals surface area contributed by atoms with Gasteiger partial charge >= 0.3 is 0 Å². The number of benzene rings is 1. The molecule has 47 valence electrons. The van der Waals surface area contributed by atoms with Crippen molar-refractivity contribution in [2.75, 3.05) is 6.26 Å². The summed E-state index contributed by atoms with van der Waals surface area (Å²) in [6.07, 6.45) is 2.04. The fraction of sp³-hybridized carbons (Fsp3) is 0.143. The molecule has 0 heterocycles. The highest BCUT2D eigenvalue weighted by atomic mass is 79.9. The molecule has 0 atom stereocenters. The van der Waals surface area contributed by atoms with Crippen molar-refractivity contribution in [1.82, 2.24) is 0 Å². The lowest BCUT2D eigenvalue weighted by atomic mass is 10.4. The molecule has 0 N–H and O–H groups in total. The van der Waals surface area contributed by atoms with Crippen molar-refractivity contribution < 1.29 is 0 Å². The Morgan fingerprint density at radius 2 is 2.33 bits per heavy atom. The Kier molecular flexibility index (Phi) is 2.61. The molecule has 0 bridgehead atoms. The molecule has 1 rings (SSSR count). The lowest BCUT2D eigenvalue weighted by Gasteiger charge is -1.92. The molecule has 1 aromatic carbocycles. The summed E-state index contributed by atoms with van der Waals surface area (Å²) in [5.74, 6) is 0. The highest BCUT2D eigenvalue weighted by Crippen LogP contribution is 2.17. The summed E-state index contributed by atoms with van der Waals surface area (Å²) in [4.78, 5) is 1.17. The SMILES string of the molecule is CSc1[c]c(Br)ccc1. The van der Waals surface area contributed by atoms with Crippen LogP contribution in [0, 0.1) is 6.07 Å². The van der Waals surface area contributed by atoms with Gasteiger partial charge in [-0.05, 0) is 18.4 Å². The van der Waals surface area contributed by atoms with Crippen LogP contribution >= 0.6 is 27.7 Å². The molecule has 2 heteroatoms. The third-order valence-electron chi connectivity index (χ3n) is 0.953. The molecule has 1 radical (unpaired) electrons. The van der Waals surface area contributed by atoms with E-state index in [1.165, 1.54) is 4.90 Å². The Morgan fingerprint density at radius 3 is 2.78 bits per heavy atom. The zero-order chi connectivity index (χ0) is 6.69. The van der Waals surface area contributed by atoms with E-state index < -0.39 is 0 Å². The summed E-state index contributed by atoms with van der Waals surface area (Å²) < 4.78 is 1.02. The van der Waals surface area contributed by atoms with Gasteiger partial charge in [-0.3, -0.25) is 0 Å². The summed E-state index contributed by atoms with van der Waals surface area (Å²) in [6.45, 7) is 0. The molecule has 0 amide bonds. The number of thioether (sulfide) groups is 1. The van der Waals surface area contributed by atoms with Crippen molar-refractivity contribution in [3.8, 4) is 0 Å². The van der Waals surface area contributed by atoms with Crippen LogP contribution in [0.15, 0.2) is 27.6 Å². The van der Waals surface area contributed by atoms with Gasteiger partial charge in [0.15, 0.2) is 0 Å². The summed E-state index contributed by atoms with van der Waals surface area (Å²) in [5, 5.41) is 0. The lowest BCUT2D eigenvalue weighted by molar-refractivity contribution is 1.42. The predicted octanol–water partition coefficient (Wildman–Crippen LogP) is 2.97. The maximum Gasteiger partial charge on any atom is 0.0265 e. The Hall–Kier alpha value is 0.0500.